The van der Waals surface area contributed by atoms with Crippen molar-refractivity contribution in [3.05, 3.63) is 0 Å². The zero-order chi connectivity index (χ0) is 30.8. The van der Waals surface area contributed by atoms with Gasteiger partial charge in [-0.1, -0.05) is 0 Å². The van der Waals surface area contributed by atoms with Crippen LogP contribution in [0.4, 0.5) is 0 Å². The molecule has 0 bridgehead atoms. The van der Waals surface area contributed by atoms with Crippen LogP contribution in [0.1, 0.15) is 59.3 Å². The zero-order valence-corrected chi connectivity index (χ0v) is 24.8. The molecular formula is C23H47FeN7O10. The summed E-state index contributed by atoms with van der Waals surface area (Å²) >= 11 is 0. The predicted octanol–water partition coefficient (Wildman–Crippen LogP) is -2.97. The van der Waals surface area contributed by atoms with Gasteiger partial charge in [-0.15, -0.1) is 0 Å². The fourth-order valence-electron chi connectivity index (χ4n) is 3.43. The minimum Gasteiger partial charge on any atom is -0.377 e. The number of aliphatic hydroxyl groups is 3. The van der Waals surface area contributed by atoms with Gasteiger partial charge in [-0.3, -0.25) is 14.4 Å². The third kappa shape index (κ3) is 18.4. The van der Waals surface area contributed by atoms with Crippen LogP contribution in [0.3, 0.4) is 0 Å². The fourth-order valence-corrected chi connectivity index (χ4v) is 3.43. The van der Waals surface area contributed by atoms with E-state index in [9.17, 15) is 50.1 Å². The topological polar surface area (TPSA) is 261 Å². The number of amides is 3. The normalized spacial score (nSPS) is 15.8. The summed E-state index contributed by atoms with van der Waals surface area (Å²) in [7, 11) is 0. The summed E-state index contributed by atoms with van der Waals surface area (Å²) in [6.07, 6.45) is -2.24. The van der Waals surface area contributed by atoms with E-state index in [0.29, 0.717) is 21.5 Å². The summed E-state index contributed by atoms with van der Waals surface area (Å²) < 4.78 is 0. The molecule has 0 saturated carbocycles. The van der Waals surface area contributed by atoms with Crippen molar-refractivity contribution in [2.75, 3.05) is 26.2 Å². The second-order valence-electron chi connectivity index (χ2n) is 9.45. The van der Waals surface area contributed by atoms with Crippen LogP contribution in [0.2, 0.25) is 0 Å². The standard InChI is InChI=1S/C23H47N7O10.Fe/c1-15(32)28(38)11-4-7-18(24)21(35)26-20(9-6-13-30(40)17(3)34)23(37)27-19(22(36)25-10-14-31)8-5-12-29(39)16(2)33;/h14-20,32-34,38-40H,4-13,24H2,1-3H3,(H,25,36)(H,26,35)(H,27,37);/t15?,16?,17?,18-,19-,20-;/m0./s1. The zero-order valence-electron chi connectivity index (χ0n) is 23.7. The number of nitrogens with zero attached hydrogens (tertiary/aromatic N) is 3. The number of rotatable bonds is 22. The molecule has 0 aliphatic carbocycles. The Bertz CT molecular complexity index is 766. The molecule has 0 aromatic carbocycles. The largest absolute Gasteiger partial charge is 0.377 e. The Labute approximate surface area is 250 Å². The first kappa shape index (κ1) is 41.3. The number of aldehydes is 1. The van der Waals surface area contributed by atoms with Crippen LogP contribution in [-0.2, 0) is 36.2 Å². The Morgan fingerprint density at radius 3 is 1.46 bits per heavy atom. The average molecular weight is 638 g/mol. The molecule has 41 heavy (non-hydrogen) atoms. The molecule has 3 unspecified atom stereocenters. The van der Waals surface area contributed by atoms with E-state index in [-0.39, 0.29) is 81.8 Å². The van der Waals surface area contributed by atoms with Crippen molar-refractivity contribution in [2.45, 2.75) is 96.1 Å². The van der Waals surface area contributed by atoms with Gasteiger partial charge in [0.25, 0.3) is 0 Å². The molecule has 0 radical (unpaired) electrons. The second kappa shape index (κ2) is 22.8. The van der Waals surface area contributed by atoms with Gasteiger partial charge < -0.3 is 57.4 Å². The van der Waals surface area contributed by atoms with E-state index in [1.54, 1.807) is 0 Å². The molecular weight excluding hydrogens is 590 g/mol. The molecule has 0 aliphatic rings. The monoisotopic (exact) mass is 637 g/mol. The van der Waals surface area contributed by atoms with E-state index >= 15 is 0 Å². The van der Waals surface area contributed by atoms with Gasteiger partial charge in [0.05, 0.1) is 12.6 Å². The Balaban J connectivity index is 0. The first-order valence-electron chi connectivity index (χ1n) is 13.2. The van der Waals surface area contributed by atoms with Gasteiger partial charge in [0.1, 0.15) is 37.1 Å². The van der Waals surface area contributed by atoms with E-state index < -0.39 is 54.5 Å². The maximum Gasteiger partial charge on any atom is 0.243 e. The molecule has 0 rings (SSSR count). The van der Waals surface area contributed by atoms with Crippen molar-refractivity contribution >= 4 is 24.0 Å². The smallest absolute Gasteiger partial charge is 0.243 e. The summed E-state index contributed by atoms with van der Waals surface area (Å²) in [5.41, 5.74) is 5.93. The Hall–Kier alpha value is -1.80. The van der Waals surface area contributed by atoms with Crippen LogP contribution >= 0.6 is 0 Å². The Morgan fingerprint density at radius 2 is 1.07 bits per heavy atom. The third-order valence-corrected chi connectivity index (χ3v) is 5.92. The average Bonchev–Trinajstić information content (AvgIpc) is 2.89. The van der Waals surface area contributed by atoms with Crippen molar-refractivity contribution in [2.24, 2.45) is 5.73 Å². The van der Waals surface area contributed by atoms with E-state index in [1.807, 2.05) is 0 Å². The number of nitrogens with two attached hydrogens (primary N) is 1. The van der Waals surface area contributed by atoms with E-state index in [4.69, 9.17) is 5.73 Å². The van der Waals surface area contributed by atoms with Gasteiger partial charge in [-0.25, -0.2) is 0 Å². The first-order chi connectivity index (χ1) is 18.7. The number of carbonyl (C=O) groups excluding carboxylic acids is 4. The van der Waals surface area contributed by atoms with Crippen LogP contribution in [-0.4, -0.2) is 133 Å². The molecule has 0 fully saturated rings. The minimum atomic E-state index is -1.19. The van der Waals surface area contributed by atoms with E-state index in [0.717, 1.165) is 0 Å². The van der Waals surface area contributed by atoms with Gasteiger partial charge in [0, 0.05) is 36.7 Å². The van der Waals surface area contributed by atoms with E-state index in [1.165, 1.54) is 20.8 Å². The van der Waals surface area contributed by atoms with Crippen molar-refractivity contribution in [3.8, 4) is 0 Å². The molecule has 0 aromatic rings. The van der Waals surface area contributed by atoms with Crippen LogP contribution in [0.25, 0.3) is 0 Å². The molecule has 0 saturated heterocycles. The van der Waals surface area contributed by atoms with Crippen LogP contribution < -0.4 is 21.7 Å². The molecule has 0 aliphatic heterocycles. The van der Waals surface area contributed by atoms with Crippen LogP contribution in [0, 0.1) is 0 Å². The van der Waals surface area contributed by atoms with Gasteiger partial charge in [-0.05, 0) is 59.3 Å². The number of hydrogen-bond acceptors (Lipinski definition) is 14. The number of hydroxylamine groups is 6. The van der Waals surface area contributed by atoms with Crippen LogP contribution in [0.5, 0.6) is 0 Å². The summed E-state index contributed by atoms with van der Waals surface area (Å²) in [5.74, 6) is -2.11. The summed E-state index contributed by atoms with van der Waals surface area (Å²) in [4.78, 5) is 49.2. The summed E-state index contributed by atoms with van der Waals surface area (Å²) in [5, 5.41) is 66.4. The maximum atomic E-state index is 13.2. The van der Waals surface area contributed by atoms with Gasteiger partial charge >= 0.3 is 0 Å². The second-order valence-corrected chi connectivity index (χ2v) is 9.45. The molecule has 3 amide bonds. The SMILES string of the molecule is CC(O)N(O)CCC[C@H](NC(=O)[C@H](CCCN(O)C(C)O)NC(=O)[C@@H](N)CCCN(O)C(C)O)C(=O)NCC=O.[Fe]. The van der Waals surface area contributed by atoms with Gasteiger partial charge in [0.15, 0.2) is 0 Å². The summed E-state index contributed by atoms with van der Waals surface area (Å²) in [6.45, 7) is 3.73. The number of aliphatic hydroxyl groups excluding tert-OH is 3. The van der Waals surface area contributed by atoms with Crippen molar-refractivity contribution in [1.82, 2.24) is 31.1 Å². The number of nitrogens with one attached hydrogen (secondary N) is 3. The minimum absolute atomic E-state index is 0. The van der Waals surface area contributed by atoms with Crippen LogP contribution in [0.15, 0.2) is 0 Å². The molecule has 0 spiro atoms. The molecule has 242 valence electrons. The number of hydrogen-bond donors (Lipinski definition) is 10. The molecule has 18 heteroatoms. The van der Waals surface area contributed by atoms with Gasteiger partial charge in [0.2, 0.25) is 17.7 Å². The molecule has 6 atom stereocenters. The molecule has 17 nitrogen and oxygen atoms in total. The molecule has 11 N–H and O–H groups in total. The summed E-state index contributed by atoms with van der Waals surface area (Å²) in [6, 6.07) is -3.40. The van der Waals surface area contributed by atoms with E-state index in [2.05, 4.69) is 16.0 Å². The molecule has 0 heterocycles. The predicted molar refractivity (Wildman–Crippen MR) is 139 cm³/mol. The van der Waals surface area contributed by atoms with Gasteiger partial charge in [-0.2, -0.15) is 15.2 Å². The van der Waals surface area contributed by atoms with Crippen molar-refractivity contribution < 1.29 is 67.2 Å². The number of carbonyl (C=O) groups is 4. The Morgan fingerprint density at radius 1 is 0.707 bits per heavy atom. The third-order valence-electron chi connectivity index (χ3n) is 5.92. The molecule has 0 aromatic heterocycles. The van der Waals surface area contributed by atoms with Crippen molar-refractivity contribution in [1.29, 1.82) is 0 Å². The fraction of sp³-hybridized carbons (Fsp3) is 0.826. The Kier molecular flexibility index (Phi) is 22.9. The maximum absolute atomic E-state index is 13.2. The first-order valence-corrected chi connectivity index (χ1v) is 13.2. The quantitative estimate of drug-likeness (QED) is 0.0246. The van der Waals surface area contributed by atoms with Crippen molar-refractivity contribution in [3.63, 3.8) is 0 Å².